The summed E-state index contributed by atoms with van der Waals surface area (Å²) >= 11 is 0. The zero-order chi connectivity index (χ0) is 10.4. The van der Waals surface area contributed by atoms with Crippen LogP contribution >= 0.6 is 0 Å². The van der Waals surface area contributed by atoms with E-state index in [9.17, 15) is 13.6 Å². The van der Waals surface area contributed by atoms with Crippen LogP contribution in [0.4, 0.5) is 8.78 Å². The fourth-order valence-electron chi connectivity index (χ4n) is 2.41. The van der Waals surface area contributed by atoms with Gasteiger partial charge in [-0.25, -0.2) is 8.78 Å². The second-order valence-electron chi connectivity index (χ2n) is 5.27. The molecule has 2 aliphatic rings. The predicted octanol–water partition coefficient (Wildman–Crippen LogP) is 3.18. The number of ketones is 1. The van der Waals surface area contributed by atoms with E-state index >= 15 is 0 Å². The molecule has 0 aromatic heterocycles. The molecule has 0 N–H and O–H groups in total. The van der Waals surface area contributed by atoms with Crippen molar-refractivity contribution in [1.29, 1.82) is 0 Å². The Balaban J connectivity index is 1.80. The van der Waals surface area contributed by atoms with Crippen molar-refractivity contribution in [2.45, 2.75) is 51.4 Å². The van der Waals surface area contributed by atoms with Gasteiger partial charge in [0.1, 0.15) is 5.78 Å². The molecule has 0 aliphatic heterocycles. The van der Waals surface area contributed by atoms with Crippen LogP contribution in [0.2, 0.25) is 0 Å². The lowest BCUT2D eigenvalue weighted by Gasteiger charge is -2.41. The Morgan fingerprint density at radius 3 is 2.29 bits per heavy atom. The molecule has 1 nitrogen and oxygen atoms in total. The van der Waals surface area contributed by atoms with Gasteiger partial charge in [-0.1, -0.05) is 13.3 Å². The summed E-state index contributed by atoms with van der Waals surface area (Å²) in [5.41, 5.74) is 0.141. The normalized spacial score (nSPS) is 29.1. The number of hydrogen-bond acceptors (Lipinski definition) is 1. The molecule has 3 heteroatoms. The number of carbonyl (C=O) groups is 1. The van der Waals surface area contributed by atoms with E-state index < -0.39 is 5.92 Å². The van der Waals surface area contributed by atoms with Gasteiger partial charge in [-0.3, -0.25) is 4.79 Å². The molecule has 0 spiro atoms. The Morgan fingerprint density at radius 2 is 1.93 bits per heavy atom. The second kappa shape index (κ2) is 3.01. The molecule has 0 heterocycles. The zero-order valence-corrected chi connectivity index (χ0v) is 8.48. The Hall–Kier alpha value is -0.470. The fourth-order valence-corrected chi connectivity index (χ4v) is 2.41. The molecule has 0 bridgehead atoms. The molecule has 0 radical (unpaired) electrons. The van der Waals surface area contributed by atoms with E-state index in [-0.39, 0.29) is 30.0 Å². The monoisotopic (exact) mass is 202 g/mol. The first kappa shape index (κ1) is 10.1. The Kier molecular flexibility index (Phi) is 2.16. The molecule has 0 aromatic carbocycles. The van der Waals surface area contributed by atoms with Crippen molar-refractivity contribution in [2.75, 3.05) is 0 Å². The van der Waals surface area contributed by atoms with E-state index in [0.29, 0.717) is 6.42 Å². The maximum absolute atomic E-state index is 12.5. The third-order valence-electron chi connectivity index (χ3n) is 3.71. The average Bonchev–Trinajstić information content (AvgIpc) is 1.96. The molecule has 0 aromatic rings. The highest BCUT2D eigenvalue weighted by atomic mass is 19.3. The summed E-state index contributed by atoms with van der Waals surface area (Å²) in [6.45, 7) is 2.09. The first-order chi connectivity index (χ1) is 6.40. The topological polar surface area (TPSA) is 17.1 Å². The molecular weight excluding hydrogens is 186 g/mol. The maximum Gasteiger partial charge on any atom is 0.249 e. The summed E-state index contributed by atoms with van der Waals surface area (Å²) in [6, 6.07) is 0. The molecule has 80 valence electrons. The summed E-state index contributed by atoms with van der Waals surface area (Å²) in [5.74, 6) is -2.83. The molecule has 2 fully saturated rings. The van der Waals surface area contributed by atoms with Crippen molar-refractivity contribution in [1.82, 2.24) is 0 Å². The van der Waals surface area contributed by atoms with Gasteiger partial charge < -0.3 is 0 Å². The SMILES string of the molecule is CC1(CC(=O)C2CC(F)(F)C2)CCC1. The van der Waals surface area contributed by atoms with E-state index in [4.69, 9.17) is 0 Å². The summed E-state index contributed by atoms with van der Waals surface area (Å²) in [7, 11) is 0. The van der Waals surface area contributed by atoms with Crippen molar-refractivity contribution in [3.63, 3.8) is 0 Å². The van der Waals surface area contributed by atoms with Gasteiger partial charge in [-0.2, -0.15) is 0 Å². The Labute approximate surface area is 82.9 Å². The summed E-state index contributed by atoms with van der Waals surface area (Å²) in [5, 5.41) is 0. The minimum atomic E-state index is -2.55. The van der Waals surface area contributed by atoms with Gasteiger partial charge in [0.15, 0.2) is 0 Å². The van der Waals surface area contributed by atoms with Crippen LogP contribution in [-0.2, 0) is 4.79 Å². The number of alkyl halides is 2. The van der Waals surface area contributed by atoms with Crippen LogP contribution in [0.3, 0.4) is 0 Å². The second-order valence-corrected chi connectivity index (χ2v) is 5.27. The summed E-state index contributed by atoms with van der Waals surface area (Å²) < 4.78 is 25.1. The molecule has 2 saturated carbocycles. The van der Waals surface area contributed by atoms with Crippen molar-refractivity contribution in [3.05, 3.63) is 0 Å². The third kappa shape index (κ3) is 1.82. The number of hydrogen-bond donors (Lipinski definition) is 0. The first-order valence-electron chi connectivity index (χ1n) is 5.31. The summed E-state index contributed by atoms with van der Waals surface area (Å²) in [4.78, 5) is 11.6. The van der Waals surface area contributed by atoms with Crippen LogP contribution in [0.1, 0.15) is 45.4 Å². The van der Waals surface area contributed by atoms with Crippen LogP contribution in [0.15, 0.2) is 0 Å². The van der Waals surface area contributed by atoms with Crippen LogP contribution < -0.4 is 0 Å². The highest BCUT2D eigenvalue weighted by Gasteiger charge is 2.49. The van der Waals surface area contributed by atoms with Gasteiger partial charge in [-0.15, -0.1) is 0 Å². The first-order valence-corrected chi connectivity index (χ1v) is 5.31. The minimum Gasteiger partial charge on any atom is -0.299 e. The number of rotatable bonds is 3. The van der Waals surface area contributed by atoms with Gasteiger partial charge in [-0.05, 0) is 18.3 Å². The van der Waals surface area contributed by atoms with Gasteiger partial charge in [0, 0.05) is 25.2 Å². The van der Waals surface area contributed by atoms with Crippen molar-refractivity contribution >= 4 is 5.78 Å². The lowest BCUT2D eigenvalue weighted by atomic mass is 9.64. The van der Waals surface area contributed by atoms with Crippen molar-refractivity contribution < 1.29 is 13.6 Å². The third-order valence-corrected chi connectivity index (χ3v) is 3.71. The van der Waals surface area contributed by atoms with E-state index in [1.54, 1.807) is 0 Å². The highest BCUT2D eigenvalue weighted by Crippen LogP contribution is 2.48. The highest BCUT2D eigenvalue weighted by molar-refractivity contribution is 5.82. The largest absolute Gasteiger partial charge is 0.299 e. The molecule has 0 amide bonds. The van der Waals surface area contributed by atoms with Gasteiger partial charge in [0.2, 0.25) is 5.92 Å². The van der Waals surface area contributed by atoms with Crippen molar-refractivity contribution in [2.24, 2.45) is 11.3 Å². The molecule has 2 aliphatic carbocycles. The molecule has 0 unspecified atom stereocenters. The molecule has 0 saturated heterocycles. The van der Waals surface area contributed by atoms with Crippen molar-refractivity contribution in [3.8, 4) is 0 Å². The summed E-state index contributed by atoms with van der Waals surface area (Å²) in [6.07, 6.45) is 3.46. The standard InChI is InChI=1S/C11H16F2O/c1-10(3-2-4-10)7-9(14)8-5-11(12,13)6-8/h8H,2-7H2,1H3. The number of carbonyl (C=O) groups excluding carboxylic acids is 1. The van der Waals surface area contributed by atoms with Crippen LogP contribution in [0.5, 0.6) is 0 Å². The fraction of sp³-hybridized carbons (Fsp3) is 0.909. The van der Waals surface area contributed by atoms with E-state index in [0.717, 1.165) is 12.8 Å². The van der Waals surface area contributed by atoms with E-state index in [1.165, 1.54) is 6.42 Å². The predicted molar refractivity (Wildman–Crippen MR) is 49.3 cm³/mol. The molecule has 14 heavy (non-hydrogen) atoms. The number of halogens is 2. The Morgan fingerprint density at radius 1 is 1.36 bits per heavy atom. The lowest BCUT2D eigenvalue weighted by Crippen LogP contribution is -2.42. The van der Waals surface area contributed by atoms with Gasteiger partial charge in [0.25, 0.3) is 0 Å². The molecule has 0 atom stereocenters. The van der Waals surface area contributed by atoms with Crippen LogP contribution in [0.25, 0.3) is 0 Å². The van der Waals surface area contributed by atoms with Crippen LogP contribution in [0, 0.1) is 11.3 Å². The number of Topliss-reactive ketones (excluding diaryl/α,β-unsaturated/α-hetero) is 1. The average molecular weight is 202 g/mol. The van der Waals surface area contributed by atoms with Gasteiger partial charge >= 0.3 is 0 Å². The molecular formula is C11H16F2O. The van der Waals surface area contributed by atoms with Gasteiger partial charge in [0.05, 0.1) is 0 Å². The van der Waals surface area contributed by atoms with Crippen LogP contribution in [-0.4, -0.2) is 11.7 Å². The van der Waals surface area contributed by atoms with E-state index in [2.05, 4.69) is 6.92 Å². The quantitative estimate of drug-likeness (QED) is 0.687. The molecule has 2 rings (SSSR count). The maximum atomic E-state index is 12.5. The zero-order valence-electron chi connectivity index (χ0n) is 8.48. The van der Waals surface area contributed by atoms with E-state index in [1.807, 2.05) is 0 Å². The minimum absolute atomic E-state index is 0.0677. The lowest BCUT2D eigenvalue weighted by molar-refractivity contribution is -0.151. The smallest absolute Gasteiger partial charge is 0.249 e. The Bertz CT molecular complexity index is 248.